The molecule has 1 amide bonds. The van der Waals surface area contributed by atoms with E-state index in [-0.39, 0.29) is 4.90 Å². The molecule has 0 heterocycles. The first-order valence-corrected chi connectivity index (χ1v) is 9.06. The number of halogens is 1. The summed E-state index contributed by atoms with van der Waals surface area (Å²) < 4.78 is 44.0. The van der Waals surface area contributed by atoms with Gasteiger partial charge in [0.05, 0.1) is 4.90 Å². The Morgan fingerprint density at radius 1 is 1.08 bits per heavy atom. The predicted molar refractivity (Wildman–Crippen MR) is 92.2 cm³/mol. The van der Waals surface area contributed by atoms with Gasteiger partial charge >= 0.3 is 5.97 Å². The van der Waals surface area contributed by atoms with E-state index in [4.69, 9.17) is 4.74 Å². The average Bonchev–Trinajstić information content (AvgIpc) is 2.60. The fourth-order valence-corrected chi connectivity index (χ4v) is 3.14. The monoisotopic (exact) mass is 380 g/mol. The highest BCUT2D eigenvalue weighted by molar-refractivity contribution is 7.89. The lowest BCUT2D eigenvalue weighted by atomic mass is 10.3. The quantitative estimate of drug-likeness (QED) is 0.712. The maximum atomic E-state index is 12.9. The number of para-hydroxylation sites is 1. The summed E-state index contributed by atoms with van der Waals surface area (Å²) >= 11 is 0. The number of anilines is 1. The van der Waals surface area contributed by atoms with Crippen molar-refractivity contribution in [2.24, 2.45) is 0 Å². The minimum absolute atomic E-state index is 0.194. The minimum atomic E-state index is -4.03. The Labute approximate surface area is 150 Å². The second-order valence-electron chi connectivity index (χ2n) is 5.32. The third-order valence-electron chi connectivity index (χ3n) is 3.21. The highest BCUT2D eigenvalue weighted by Gasteiger charge is 2.23. The molecule has 7 nitrogen and oxygen atoms in total. The van der Waals surface area contributed by atoms with Crippen molar-refractivity contribution in [2.45, 2.75) is 17.9 Å². The summed E-state index contributed by atoms with van der Waals surface area (Å²) in [6, 6.07) is 11.5. The number of esters is 1. The molecule has 2 N–H and O–H groups in total. The number of hydrogen-bond acceptors (Lipinski definition) is 5. The van der Waals surface area contributed by atoms with Crippen LogP contribution in [0, 0.1) is 5.82 Å². The SMILES string of the molecule is C[C@H](NS(=O)(=O)c1ccc(F)cc1)C(=O)OCC(=O)Nc1ccccc1. The average molecular weight is 380 g/mol. The molecule has 2 aromatic rings. The van der Waals surface area contributed by atoms with Crippen molar-refractivity contribution in [3.8, 4) is 0 Å². The van der Waals surface area contributed by atoms with Gasteiger partial charge in [-0.15, -0.1) is 0 Å². The van der Waals surface area contributed by atoms with E-state index in [1.165, 1.54) is 6.92 Å². The van der Waals surface area contributed by atoms with Crippen LogP contribution >= 0.6 is 0 Å². The molecule has 0 spiro atoms. The molecule has 26 heavy (non-hydrogen) atoms. The fourth-order valence-electron chi connectivity index (χ4n) is 1.94. The third-order valence-corrected chi connectivity index (χ3v) is 4.77. The topological polar surface area (TPSA) is 102 Å². The van der Waals surface area contributed by atoms with Crippen LogP contribution in [0.2, 0.25) is 0 Å². The summed E-state index contributed by atoms with van der Waals surface area (Å²) in [6.07, 6.45) is 0. The molecule has 0 saturated carbocycles. The summed E-state index contributed by atoms with van der Waals surface area (Å²) in [5, 5.41) is 2.53. The number of ether oxygens (including phenoxy) is 1. The number of carbonyl (C=O) groups is 2. The van der Waals surface area contributed by atoms with Crippen LogP contribution in [0.3, 0.4) is 0 Å². The van der Waals surface area contributed by atoms with Crippen molar-refractivity contribution in [3.63, 3.8) is 0 Å². The molecule has 0 radical (unpaired) electrons. The van der Waals surface area contributed by atoms with Gasteiger partial charge < -0.3 is 10.1 Å². The van der Waals surface area contributed by atoms with E-state index < -0.39 is 40.4 Å². The Hall–Kier alpha value is -2.78. The van der Waals surface area contributed by atoms with Crippen LogP contribution in [0.4, 0.5) is 10.1 Å². The zero-order valence-corrected chi connectivity index (χ0v) is 14.6. The van der Waals surface area contributed by atoms with Gasteiger partial charge in [-0.05, 0) is 43.3 Å². The number of amides is 1. The predicted octanol–water partition coefficient (Wildman–Crippen LogP) is 1.67. The van der Waals surface area contributed by atoms with E-state index in [1.54, 1.807) is 30.3 Å². The molecule has 2 rings (SSSR count). The molecule has 2 aromatic carbocycles. The van der Waals surface area contributed by atoms with Gasteiger partial charge in [0, 0.05) is 5.69 Å². The molecular formula is C17H17FN2O5S. The van der Waals surface area contributed by atoms with Crippen molar-refractivity contribution in [2.75, 3.05) is 11.9 Å². The molecule has 0 fully saturated rings. The molecule has 0 aliphatic carbocycles. The second-order valence-corrected chi connectivity index (χ2v) is 7.03. The molecule has 0 saturated heterocycles. The number of sulfonamides is 1. The van der Waals surface area contributed by atoms with Crippen LogP contribution in [0.25, 0.3) is 0 Å². The Morgan fingerprint density at radius 2 is 1.69 bits per heavy atom. The van der Waals surface area contributed by atoms with Gasteiger partial charge in [-0.25, -0.2) is 12.8 Å². The van der Waals surface area contributed by atoms with Crippen LogP contribution in [-0.4, -0.2) is 32.9 Å². The van der Waals surface area contributed by atoms with Gasteiger partial charge in [0.15, 0.2) is 6.61 Å². The van der Waals surface area contributed by atoms with E-state index in [2.05, 4.69) is 10.0 Å². The molecule has 0 unspecified atom stereocenters. The number of nitrogens with one attached hydrogen (secondary N) is 2. The lowest BCUT2D eigenvalue weighted by molar-refractivity contribution is -0.148. The second kappa shape index (κ2) is 8.54. The summed E-state index contributed by atoms with van der Waals surface area (Å²) in [5.74, 6) is -2.06. The highest BCUT2D eigenvalue weighted by Crippen LogP contribution is 2.10. The maximum absolute atomic E-state index is 12.9. The summed E-state index contributed by atoms with van der Waals surface area (Å²) in [5.41, 5.74) is 0.540. The molecule has 0 aliphatic heterocycles. The van der Waals surface area contributed by atoms with Gasteiger partial charge in [-0.2, -0.15) is 4.72 Å². The van der Waals surface area contributed by atoms with Crippen LogP contribution in [0.5, 0.6) is 0 Å². The number of rotatable bonds is 7. The molecule has 9 heteroatoms. The van der Waals surface area contributed by atoms with Gasteiger partial charge in [0.25, 0.3) is 5.91 Å². The highest BCUT2D eigenvalue weighted by atomic mass is 32.2. The minimum Gasteiger partial charge on any atom is -0.454 e. The molecular weight excluding hydrogens is 363 g/mol. The van der Waals surface area contributed by atoms with Crippen molar-refractivity contribution in [3.05, 3.63) is 60.4 Å². The van der Waals surface area contributed by atoms with E-state index in [0.29, 0.717) is 5.69 Å². The molecule has 0 bridgehead atoms. The van der Waals surface area contributed by atoms with Gasteiger partial charge in [-0.3, -0.25) is 9.59 Å². The van der Waals surface area contributed by atoms with Crippen LogP contribution < -0.4 is 10.0 Å². The van der Waals surface area contributed by atoms with E-state index in [9.17, 15) is 22.4 Å². The normalized spacial score (nSPS) is 12.2. The van der Waals surface area contributed by atoms with Crippen LogP contribution in [0.1, 0.15) is 6.92 Å². The first-order chi connectivity index (χ1) is 12.3. The van der Waals surface area contributed by atoms with Crippen LogP contribution in [0.15, 0.2) is 59.5 Å². The van der Waals surface area contributed by atoms with Crippen molar-refractivity contribution in [1.82, 2.24) is 4.72 Å². The van der Waals surface area contributed by atoms with E-state index >= 15 is 0 Å². The fraction of sp³-hybridized carbons (Fsp3) is 0.176. The van der Waals surface area contributed by atoms with Crippen molar-refractivity contribution >= 4 is 27.6 Å². The molecule has 138 valence electrons. The van der Waals surface area contributed by atoms with Crippen molar-refractivity contribution in [1.29, 1.82) is 0 Å². The van der Waals surface area contributed by atoms with Gasteiger partial charge in [0.2, 0.25) is 10.0 Å². The maximum Gasteiger partial charge on any atom is 0.324 e. The summed E-state index contributed by atoms with van der Waals surface area (Å²) in [4.78, 5) is 23.4. The molecule has 0 aromatic heterocycles. The molecule has 1 atom stereocenters. The standard InChI is InChI=1S/C17H17FN2O5S/c1-12(20-26(23,24)15-9-7-13(18)8-10-15)17(22)25-11-16(21)19-14-5-3-2-4-6-14/h2-10,12,20H,11H2,1H3,(H,19,21)/t12-/m0/s1. The number of hydrogen-bond donors (Lipinski definition) is 2. The molecule has 0 aliphatic rings. The first kappa shape index (κ1) is 19.5. The lowest BCUT2D eigenvalue weighted by Gasteiger charge is -2.14. The van der Waals surface area contributed by atoms with E-state index in [0.717, 1.165) is 24.3 Å². The lowest BCUT2D eigenvalue weighted by Crippen LogP contribution is -2.40. The van der Waals surface area contributed by atoms with E-state index in [1.807, 2.05) is 0 Å². The number of carbonyl (C=O) groups excluding carboxylic acids is 2. The Balaban J connectivity index is 1.87. The first-order valence-electron chi connectivity index (χ1n) is 7.57. The van der Waals surface area contributed by atoms with Gasteiger partial charge in [0.1, 0.15) is 11.9 Å². The van der Waals surface area contributed by atoms with Crippen LogP contribution in [-0.2, 0) is 24.3 Å². The zero-order valence-electron chi connectivity index (χ0n) is 13.8. The Morgan fingerprint density at radius 3 is 2.31 bits per heavy atom. The third kappa shape index (κ3) is 5.64. The van der Waals surface area contributed by atoms with Gasteiger partial charge in [-0.1, -0.05) is 18.2 Å². The summed E-state index contributed by atoms with van der Waals surface area (Å²) in [7, 11) is -4.03. The summed E-state index contributed by atoms with van der Waals surface area (Å²) in [6.45, 7) is 0.717. The number of benzene rings is 2. The Kier molecular flexibility index (Phi) is 6.42. The Bertz CT molecular complexity index is 870. The zero-order chi connectivity index (χ0) is 19.2. The smallest absolute Gasteiger partial charge is 0.324 e. The largest absolute Gasteiger partial charge is 0.454 e. The van der Waals surface area contributed by atoms with Crippen molar-refractivity contribution < 1.29 is 27.1 Å².